The van der Waals surface area contributed by atoms with Gasteiger partial charge in [-0.2, -0.15) is 0 Å². The lowest BCUT2D eigenvalue weighted by atomic mass is 9.91. The summed E-state index contributed by atoms with van der Waals surface area (Å²) in [7, 11) is 0. The predicted molar refractivity (Wildman–Crippen MR) is 128 cm³/mol. The molecule has 1 aliphatic carbocycles. The van der Waals surface area contributed by atoms with Crippen LogP contribution in [0, 0.1) is 0 Å². The van der Waals surface area contributed by atoms with Crippen molar-refractivity contribution in [3.8, 4) is 0 Å². The molecule has 1 aromatic carbocycles. The minimum absolute atomic E-state index is 0.0121. The molecular weight excluding hydrogens is 422 g/mol. The SMILES string of the molecule is O=C(/C=C/c1ccccc1Cl)N1CCc2cnc(N3CCN(C4CCC4)CC3)nc2CC1. The first kappa shape index (κ1) is 21.4. The highest BCUT2D eigenvalue weighted by molar-refractivity contribution is 6.32. The Labute approximate surface area is 194 Å². The zero-order valence-electron chi connectivity index (χ0n) is 18.4. The molecule has 2 fully saturated rings. The molecule has 6 nitrogen and oxygen atoms in total. The van der Waals surface area contributed by atoms with Crippen molar-refractivity contribution in [1.29, 1.82) is 0 Å². The van der Waals surface area contributed by atoms with Gasteiger partial charge < -0.3 is 9.80 Å². The number of nitrogens with zero attached hydrogens (tertiary/aromatic N) is 5. The highest BCUT2D eigenvalue weighted by Crippen LogP contribution is 2.26. The Morgan fingerprint density at radius 2 is 1.81 bits per heavy atom. The number of anilines is 1. The van der Waals surface area contributed by atoms with Crippen molar-refractivity contribution < 1.29 is 4.79 Å². The summed E-state index contributed by atoms with van der Waals surface area (Å²) < 4.78 is 0. The number of piperazine rings is 1. The van der Waals surface area contributed by atoms with Crippen molar-refractivity contribution in [1.82, 2.24) is 19.8 Å². The Bertz CT molecular complexity index is 998. The number of rotatable bonds is 4. The average molecular weight is 452 g/mol. The maximum absolute atomic E-state index is 12.8. The zero-order valence-corrected chi connectivity index (χ0v) is 19.2. The molecule has 0 N–H and O–H groups in total. The molecule has 0 atom stereocenters. The van der Waals surface area contributed by atoms with Gasteiger partial charge in [0.05, 0.1) is 5.69 Å². The maximum Gasteiger partial charge on any atom is 0.246 e. The Morgan fingerprint density at radius 3 is 2.56 bits per heavy atom. The van der Waals surface area contributed by atoms with Crippen molar-refractivity contribution in [3.05, 3.63) is 58.4 Å². The number of halogens is 1. The van der Waals surface area contributed by atoms with E-state index in [1.54, 1.807) is 12.2 Å². The van der Waals surface area contributed by atoms with Gasteiger partial charge in [0.2, 0.25) is 11.9 Å². The van der Waals surface area contributed by atoms with Crippen LogP contribution in [0.3, 0.4) is 0 Å². The van der Waals surface area contributed by atoms with Crippen molar-refractivity contribution in [2.24, 2.45) is 0 Å². The van der Waals surface area contributed by atoms with Crippen molar-refractivity contribution >= 4 is 29.5 Å². The summed E-state index contributed by atoms with van der Waals surface area (Å²) in [5.74, 6) is 0.855. The van der Waals surface area contributed by atoms with Crippen LogP contribution in [0.5, 0.6) is 0 Å². The summed E-state index contributed by atoms with van der Waals surface area (Å²) in [6, 6.07) is 8.35. The lowest BCUT2D eigenvalue weighted by Gasteiger charge is -2.43. The second-order valence-electron chi connectivity index (χ2n) is 8.93. The fraction of sp³-hybridized carbons (Fsp3) is 0.480. The van der Waals surface area contributed by atoms with Crippen LogP contribution in [0.4, 0.5) is 5.95 Å². The molecular formula is C25H30ClN5O. The van der Waals surface area contributed by atoms with E-state index in [0.29, 0.717) is 18.1 Å². The zero-order chi connectivity index (χ0) is 21.9. The summed E-state index contributed by atoms with van der Waals surface area (Å²) in [5, 5.41) is 0.649. The van der Waals surface area contributed by atoms with Gasteiger partial charge in [0.15, 0.2) is 0 Å². The standard InChI is InChI=1S/C25H30ClN5O/c26-22-7-2-1-4-19(22)8-9-24(32)30-12-10-20-18-27-25(28-23(20)11-13-30)31-16-14-29(15-17-31)21-5-3-6-21/h1-2,4,7-9,18,21H,3,5-6,10-17H2/b9-8+. The quantitative estimate of drug-likeness (QED) is 0.666. The maximum atomic E-state index is 12.8. The third kappa shape index (κ3) is 4.66. The number of carbonyl (C=O) groups excluding carboxylic acids is 1. The van der Waals surface area contributed by atoms with E-state index in [4.69, 9.17) is 16.6 Å². The van der Waals surface area contributed by atoms with Gasteiger partial charge in [0.1, 0.15) is 0 Å². The Hall–Kier alpha value is -2.44. The summed E-state index contributed by atoms with van der Waals surface area (Å²) in [6.45, 7) is 5.54. The van der Waals surface area contributed by atoms with E-state index in [1.165, 1.54) is 19.3 Å². The molecule has 0 unspecified atom stereocenters. The highest BCUT2D eigenvalue weighted by Gasteiger charge is 2.29. The van der Waals surface area contributed by atoms with E-state index in [0.717, 1.165) is 67.8 Å². The van der Waals surface area contributed by atoms with Crippen LogP contribution in [-0.4, -0.2) is 71.0 Å². The molecule has 3 heterocycles. The molecule has 1 saturated heterocycles. The number of hydrogen-bond donors (Lipinski definition) is 0. The van der Waals surface area contributed by atoms with Crippen LogP contribution in [-0.2, 0) is 17.6 Å². The summed E-state index contributed by atoms with van der Waals surface area (Å²) in [5.41, 5.74) is 3.10. The first-order chi connectivity index (χ1) is 15.7. The van der Waals surface area contributed by atoms with Crippen LogP contribution < -0.4 is 4.90 Å². The minimum Gasteiger partial charge on any atom is -0.338 e. The van der Waals surface area contributed by atoms with E-state index in [9.17, 15) is 4.79 Å². The molecule has 5 rings (SSSR count). The predicted octanol–water partition coefficient (Wildman–Crippen LogP) is 3.45. The van der Waals surface area contributed by atoms with Crippen molar-refractivity contribution in [2.75, 3.05) is 44.2 Å². The van der Waals surface area contributed by atoms with Crippen LogP contribution >= 0.6 is 11.6 Å². The van der Waals surface area contributed by atoms with Crippen molar-refractivity contribution in [3.63, 3.8) is 0 Å². The molecule has 3 aliphatic rings. The van der Waals surface area contributed by atoms with Crippen LogP contribution in [0.1, 0.15) is 36.1 Å². The van der Waals surface area contributed by atoms with Gasteiger partial charge in [-0.15, -0.1) is 0 Å². The number of fused-ring (bicyclic) bond motifs is 1. The lowest BCUT2D eigenvalue weighted by Crippen LogP contribution is -2.52. The smallest absolute Gasteiger partial charge is 0.246 e. The first-order valence-electron chi connectivity index (χ1n) is 11.7. The molecule has 0 spiro atoms. The van der Waals surface area contributed by atoms with Gasteiger partial charge in [-0.05, 0) is 42.5 Å². The van der Waals surface area contributed by atoms with E-state index in [2.05, 4.69) is 14.8 Å². The van der Waals surface area contributed by atoms with E-state index < -0.39 is 0 Å². The topological polar surface area (TPSA) is 52.6 Å². The molecule has 168 valence electrons. The van der Waals surface area contributed by atoms with Crippen molar-refractivity contribution in [2.45, 2.75) is 38.1 Å². The summed E-state index contributed by atoms with van der Waals surface area (Å²) >= 11 is 6.19. The molecule has 0 bridgehead atoms. The Kier molecular flexibility index (Phi) is 6.42. The second kappa shape index (κ2) is 9.59. The molecule has 0 radical (unpaired) electrons. The minimum atomic E-state index is 0.0121. The largest absolute Gasteiger partial charge is 0.338 e. The monoisotopic (exact) mass is 451 g/mol. The van der Waals surface area contributed by atoms with E-state index in [-0.39, 0.29) is 5.91 Å². The molecule has 7 heteroatoms. The number of benzene rings is 1. The number of amides is 1. The third-order valence-electron chi connectivity index (χ3n) is 7.02. The molecule has 2 aliphatic heterocycles. The highest BCUT2D eigenvalue weighted by atomic mass is 35.5. The normalized spacial score (nSPS) is 20.2. The summed E-state index contributed by atoms with van der Waals surface area (Å²) in [4.78, 5) is 29.2. The van der Waals surface area contributed by atoms with E-state index in [1.807, 2.05) is 35.4 Å². The van der Waals surface area contributed by atoms with Gasteiger partial charge in [-0.3, -0.25) is 9.69 Å². The van der Waals surface area contributed by atoms with Gasteiger partial charge in [-0.25, -0.2) is 9.97 Å². The van der Waals surface area contributed by atoms with Gasteiger partial charge >= 0.3 is 0 Å². The number of aromatic nitrogens is 2. The summed E-state index contributed by atoms with van der Waals surface area (Å²) in [6.07, 6.45) is 11.0. The average Bonchev–Trinajstić information content (AvgIpc) is 3.00. The number of carbonyl (C=O) groups is 1. The van der Waals surface area contributed by atoms with Gasteiger partial charge in [0, 0.05) is 69.0 Å². The number of hydrogen-bond acceptors (Lipinski definition) is 5. The third-order valence-corrected chi connectivity index (χ3v) is 7.37. The molecule has 1 saturated carbocycles. The van der Waals surface area contributed by atoms with Gasteiger partial charge in [-0.1, -0.05) is 36.2 Å². The fourth-order valence-electron chi connectivity index (χ4n) is 4.75. The first-order valence-corrected chi connectivity index (χ1v) is 12.1. The van der Waals surface area contributed by atoms with E-state index >= 15 is 0 Å². The van der Waals surface area contributed by atoms with Gasteiger partial charge in [0.25, 0.3) is 0 Å². The molecule has 1 aromatic heterocycles. The molecule has 1 amide bonds. The van der Waals surface area contributed by atoms with Crippen LogP contribution in [0.15, 0.2) is 36.5 Å². The fourth-order valence-corrected chi connectivity index (χ4v) is 4.95. The molecule has 2 aromatic rings. The molecule has 32 heavy (non-hydrogen) atoms. The van der Waals surface area contributed by atoms with Crippen LogP contribution in [0.2, 0.25) is 5.02 Å². The van der Waals surface area contributed by atoms with Crippen LogP contribution in [0.25, 0.3) is 6.08 Å². The Balaban J connectivity index is 1.20. The lowest BCUT2D eigenvalue weighted by molar-refractivity contribution is -0.125. The second-order valence-corrected chi connectivity index (χ2v) is 9.34. The Morgan fingerprint density at radius 1 is 1.03 bits per heavy atom.